The molecule has 18 heavy (non-hydrogen) atoms. The molecule has 0 radical (unpaired) electrons. The number of morpholine rings is 1. The Hall–Kier alpha value is -1.75. The Balaban J connectivity index is 1.97. The average molecular weight is 247 g/mol. The van der Waals surface area contributed by atoms with Gasteiger partial charge in [0.15, 0.2) is 5.58 Å². The third-order valence-electron chi connectivity index (χ3n) is 3.25. The summed E-state index contributed by atoms with van der Waals surface area (Å²) in [7, 11) is 0. The molecule has 0 spiro atoms. The summed E-state index contributed by atoms with van der Waals surface area (Å²) in [5.74, 6) is 0. The van der Waals surface area contributed by atoms with E-state index < -0.39 is 0 Å². The normalized spacial score (nSPS) is 24.7. The van der Waals surface area contributed by atoms with E-state index in [1.807, 2.05) is 18.2 Å². The number of nitrogen functional groups attached to an aromatic ring is 1. The molecule has 1 aromatic heterocycles. The van der Waals surface area contributed by atoms with Crippen molar-refractivity contribution in [2.24, 2.45) is 0 Å². The van der Waals surface area contributed by atoms with E-state index >= 15 is 0 Å². The quantitative estimate of drug-likeness (QED) is 0.781. The number of ether oxygens (including phenoxy) is 1. The second-order valence-electron chi connectivity index (χ2n) is 4.87. The van der Waals surface area contributed by atoms with Crippen LogP contribution in [0.2, 0.25) is 0 Å². The summed E-state index contributed by atoms with van der Waals surface area (Å²) in [4.78, 5) is 6.65. The topological polar surface area (TPSA) is 64.5 Å². The van der Waals surface area contributed by atoms with Crippen LogP contribution in [0, 0.1) is 0 Å². The summed E-state index contributed by atoms with van der Waals surface area (Å²) in [5, 5.41) is 0. The van der Waals surface area contributed by atoms with Crippen LogP contribution in [0.25, 0.3) is 11.1 Å². The first-order valence-corrected chi connectivity index (χ1v) is 6.18. The summed E-state index contributed by atoms with van der Waals surface area (Å²) >= 11 is 0. The highest BCUT2D eigenvalue weighted by molar-refractivity contribution is 5.78. The van der Waals surface area contributed by atoms with Gasteiger partial charge in [-0.15, -0.1) is 0 Å². The molecule has 2 heterocycles. The van der Waals surface area contributed by atoms with E-state index in [9.17, 15) is 0 Å². The molecule has 5 heteroatoms. The molecular weight excluding hydrogens is 230 g/mol. The largest absolute Gasteiger partial charge is 0.423 e. The lowest BCUT2D eigenvalue weighted by Crippen LogP contribution is -2.47. The van der Waals surface area contributed by atoms with E-state index in [1.54, 1.807) is 0 Å². The molecule has 3 rings (SSSR count). The van der Waals surface area contributed by atoms with Crippen molar-refractivity contribution in [1.29, 1.82) is 0 Å². The number of hydrogen-bond acceptors (Lipinski definition) is 5. The number of hydrogen-bond donors (Lipinski definition) is 1. The molecule has 1 aliphatic rings. The van der Waals surface area contributed by atoms with Crippen LogP contribution in [-0.2, 0) is 4.74 Å². The van der Waals surface area contributed by atoms with E-state index in [2.05, 4.69) is 23.7 Å². The first-order valence-electron chi connectivity index (χ1n) is 6.18. The maximum Gasteiger partial charge on any atom is 0.298 e. The predicted octanol–water partition coefficient (Wildman–Crippen LogP) is 2.02. The highest BCUT2D eigenvalue weighted by atomic mass is 16.5. The zero-order valence-corrected chi connectivity index (χ0v) is 10.6. The van der Waals surface area contributed by atoms with Gasteiger partial charge in [0.05, 0.1) is 18.8 Å². The number of benzene rings is 1. The van der Waals surface area contributed by atoms with Crippen LogP contribution in [0.15, 0.2) is 22.6 Å². The standard InChI is InChI=1S/C13H17N3O2/c1-8-7-17-9(2)6-16(8)13-15-11-5-10(14)3-4-12(11)18-13/h3-5,8-9H,6-7,14H2,1-2H3. The number of rotatable bonds is 1. The summed E-state index contributed by atoms with van der Waals surface area (Å²) in [6.45, 7) is 5.65. The Morgan fingerprint density at radius 2 is 2.22 bits per heavy atom. The highest BCUT2D eigenvalue weighted by Crippen LogP contribution is 2.26. The molecule has 5 nitrogen and oxygen atoms in total. The Kier molecular flexibility index (Phi) is 2.63. The van der Waals surface area contributed by atoms with E-state index in [0.717, 1.165) is 17.6 Å². The Bertz CT molecular complexity index is 566. The lowest BCUT2D eigenvalue weighted by atomic mass is 10.2. The van der Waals surface area contributed by atoms with E-state index in [-0.39, 0.29) is 12.1 Å². The average Bonchev–Trinajstić information content (AvgIpc) is 2.74. The lowest BCUT2D eigenvalue weighted by molar-refractivity contribution is 0.0324. The first-order chi connectivity index (χ1) is 8.63. The Labute approximate surface area is 106 Å². The number of nitrogens with two attached hydrogens (primary N) is 1. The summed E-state index contributed by atoms with van der Waals surface area (Å²) in [6, 6.07) is 6.43. The molecule has 1 aromatic carbocycles. The summed E-state index contributed by atoms with van der Waals surface area (Å²) < 4.78 is 11.4. The van der Waals surface area contributed by atoms with E-state index in [4.69, 9.17) is 14.9 Å². The maximum absolute atomic E-state index is 5.78. The van der Waals surface area contributed by atoms with E-state index in [0.29, 0.717) is 18.3 Å². The molecule has 0 bridgehead atoms. The van der Waals surface area contributed by atoms with Crippen molar-refractivity contribution in [3.8, 4) is 0 Å². The van der Waals surface area contributed by atoms with Gasteiger partial charge in [-0.05, 0) is 32.0 Å². The molecule has 2 N–H and O–H groups in total. The fourth-order valence-corrected chi connectivity index (χ4v) is 2.22. The van der Waals surface area contributed by atoms with Crippen molar-refractivity contribution >= 4 is 22.8 Å². The smallest absolute Gasteiger partial charge is 0.298 e. The predicted molar refractivity (Wildman–Crippen MR) is 70.6 cm³/mol. The van der Waals surface area contributed by atoms with Crippen molar-refractivity contribution in [3.05, 3.63) is 18.2 Å². The van der Waals surface area contributed by atoms with Gasteiger partial charge in [-0.25, -0.2) is 0 Å². The number of anilines is 2. The van der Waals surface area contributed by atoms with Crippen molar-refractivity contribution in [2.75, 3.05) is 23.8 Å². The molecule has 2 unspecified atom stereocenters. The monoisotopic (exact) mass is 247 g/mol. The van der Waals surface area contributed by atoms with Crippen LogP contribution in [0.3, 0.4) is 0 Å². The molecule has 0 aliphatic carbocycles. The van der Waals surface area contributed by atoms with Crippen LogP contribution >= 0.6 is 0 Å². The van der Waals surface area contributed by atoms with Crippen LogP contribution in [0.5, 0.6) is 0 Å². The van der Waals surface area contributed by atoms with Crippen molar-refractivity contribution in [2.45, 2.75) is 26.0 Å². The van der Waals surface area contributed by atoms with Gasteiger partial charge in [-0.1, -0.05) is 0 Å². The minimum absolute atomic E-state index is 0.196. The summed E-state index contributed by atoms with van der Waals surface area (Å²) in [5.41, 5.74) is 8.02. The number of nitrogens with zero attached hydrogens (tertiary/aromatic N) is 2. The Morgan fingerprint density at radius 1 is 1.39 bits per heavy atom. The fraction of sp³-hybridized carbons (Fsp3) is 0.462. The van der Waals surface area contributed by atoms with Gasteiger partial charge in [0.25, 0.3) is 6.01 Å². The molecule has 2 aromatic rings. The zero-order valence-electron chi connectivity index (χ0n) is 10.6. The molecule has 96 valence electrons. The molecule has 0 saturated carbocycles. The van der Waals surface area contributed by atoms with Gasteiger partial charge in [0.2, 0.25) is 0 Å². The van der Waals surface area contributed by atoms with Crippen LogP contribution < -0.4 is 10.6 Å². The molecule has 0 amide bonds. The van der Waals surface area contributed by atoms with Crippen molar-refractivity contribution < 1.29 is 9.15 Å². The maximum atomic E-state index is 5.78. The van der Waals surface area contributed by atoms with Gasteiger partial charge < -0.3 is 19.8 Å². The van der Waals surface area contributed by atoms with Gasteiger partial charge in [-0.3, -0.25) is 0 Å². The molecule has 1 aliphatic heterocycles. The first kappa shape index (κ1) is 11.3. The van der Waals surface area contributed by atoms with Gasteiger partial charge >= 0.3 is 0 Å². The van der Waals surface area contributed by atoms with E-state index in [1.165, 1.54) is 0 Å². The van der Waals surface area contributed by atoms with Gasteiger partial charge in [-0.2, -0.15) is 4.98 Å². The minimum Gasteiger partial charge on any atom is -0.423 e. The highest BCUT2D eigenvalue weighted by Gasteiger charge is 2.27. The van der Waals surface area contributed by atoms with Crippen molar-refractivity contribution in [3.63, 3.8) is 0 Å². The molecule has 1 saturated heterocycles. The fourth-order valence-electron chi connectivity index (χ4n) is 2.22. The second-order valence-corrected chi connectivity index (χ2v) is 4.87. The summed E-state index contributed by atoms with van der Waals surface area (Å²) in [6.07, 6.45) is 0.196. The number of oxazole rings is 1. The SMILES string of the molecule is CC1CN(c2nc3cc(N)ccc3o2)C(C)CO1. The van der Waals surface area contributed by atoms with Gasteiger partial charge in [0, 0.05) is 12.2 Å². The van der Waals surface area contributed by atoms with Gasteiger partial charge in [0.1, 0.15) is 5.52 Å². The number of aromatic nitrogens is 1. The van der Waals surface area contributed by atoms with Crippen LogP contribution in [0.4, 0.5) is 11.7 Å². The van der Waals surface area contributed by atoms with Crippen molar-refractivity contribution in [1.82, 2.24) is 4.98 Å². The molecular formula is C13H17N3O2. The second kappa shape index (κ2) is 4.17. The van der Waals surface area contributed by atoms with Crippen LogP contribution in [0.1, 0.15) is 13.8 Å². The zero-order chi connectivity index (χ0) is 12.7. The van der Waals surface area contributed by atoms with Crippen LogP contribution in [-0.4, -0.2) is 30.3 Å². The third kappa shape index (κ3) is 1.90. The minimum atomic E-state index is 0.196. The third-order valence-corrected chi connectivity index (χ3v) is 3.25. The number of fused-ring (bicyclic) bond motifs is 1. The lowest BCUT2D eigenvalue weighted by Gasteiger charge is -2.35. The Morgan fingerprint density at radius 3 is 3.06 bits per heavy atom. The molecule has 1 fully saturated rings. The molecule has 2 atom stereocenters.